The molecule has 4 nitrogen and oxygen atoms in total. The number of halogens is 2. The molecule has 1 aliphatic carbocycles. The zero-order chi connectivity index (χ0) is 22.1. The van der Waals surface area contributed by atoms with Gasteiger partial charge in [0.1, 0.15) is 0 Å². The van der Waals surface area contributed by atoms with Crippen molar-refractivity contribution >= 4 is 35.0 Å². The molecule has 0 radical (unpaired) electrons. The van der Waals surface area contributed by atoms with Crippen molar-refractivity contribution in [2.24, 2.45) is 0 Å². The topological polar surface area (TPSA) is 55.4 Å². The van der Waals surface area contributed by atoms with Crippen molar-refractivity contribution < 1.29 is 14.3 Å². The summed E-state index contributed by atoms with van der Waals surface area (Å²) in [5.74, 6) is -0.806. The van der Waals surface area contributed by atoms with E-state index in [9.17, 15) is 9.59 Å². The zero-order valence-electron chi connectivity index (χ0n) is 17.4. The van der Waals surface area contributed by atoms with Gasteiger partial charge in [-0.3, -0.25) is 4.79 Å². The molecule has 2 aromatic rings. The number of carbonyl (C=O) groups excluding carboxylic acids is 2. The van der Waals surface area contributed by atoms with Crippen molar-refractivity contribution in [1.29, 1.82) is 0 Å². The van der Waals surface area contributed by atoms with Crippen LogP contribution in [0, 0.1) is 0 Å². The Morgan fingerprint density at radius 1 is 1.00 bits per heavy atom. The smallest absolute Gasteiger partial charge is 0.336 e. The number of allylic oxidation sites excluding steroid dienone is 3. The second-order valence-electron chi connectivity index (χ2n) is 7.84. The predicted octanol–water partition coefficient (Wildman–Crippen LogP) is 5.92. The van der Waals surface area contributed by atoms with Gasteiger partial charge in [0.05, 0.1) is 12.2 Å². The van der Waals surface area contributed by atoms with Crippen molar-refractivity contribution in [1.82, 2.24) is 5.32 Å². The molecule has 6 heteroatoms. The number of dihydropyridines is 1. The summed E-state index contributed by atoms with van der Waals surface area (Å²) in [7, 11) is 0. The molecule has 2 unspecified atom stereocenters. The number of ketones is 1. The van der Waals surface area contributed by atoms with Gasteiger partial charge in [0.15, 0.2) is 5.78 Å². The molecule has 2 aliphatic rings. The first-order chi connectivity index (χ1) is 14.9. The highest BCUT2D eigenvalue weighted by atomic mass is 35.5. The minimum absolute atomic E-state index is 0.0305. The third-order valence-corrected chi connectivity index (χ3v) is 6.37. The molecular weight excluding hydrogens is 433 g/mol. The fourth-order valence-electron chi connectivity index (χ4n) is 4.48. The van der Waals surface area contributed by atoms with Crippen LogP contribution in [0.25, 0.3) is 0 Å². The second-order valence-corrected chi connectivity index (χ2v) is 8.71. The summed E-state index contributed by atoms with van der Waals surface area (Å²) in [5.41, 5.74) is 4.61. The highest BCUT2D eigenvalue weighted by Gasteiger charge is 2.41. The van der Waals surface area contributed by atoms with E-state index < -0.39 is 11.9 Å². The summed E-state index contributed by atoms with van der Waals surface area (Å²) < 4.78 is 5.33. The van der Waals surface area contributed by atoms with Gasteiger partial charge in [0.25, 0.3) is 0 Å². The third-order valence-electron chi connectivity index (χ3n) is 5.87. The normalized spacial score (nSPS) is 21.0. The van der Waals surface area contributed by atoms with E-state index in [-0.39, 0.29) is 18.3 Å². The molecular formula is C25H23Cl2NO3. The van der Waals surface area contributed by atoms with Crippen molar-refractivity contribution in [3.8, 4) is 0 Å². The van der Waals surface area contributed by atoms with Crippen molar-refractivity contribution in [2.45, 2.75) is 38.5 Å². The third kappa shape index (κ3) is 4.28. The van der Waals surface area contributed by atoms with Crippen LogP contribution in [0.1, 0.15) is 49.7 Å². The van der Waals surface area contributed by atoms with Crippen molar-refractivity contribution in [3.63, 3.8) is 0 Å². The molecule has 4 rings (SSSR count). The molecule has 1 aliphatic heterocycles. The molecule has 1 N–H and O–H groups in total. The Bertz CT molecular complexity index is 1080. The number of benzene rings is 2. The van der Waals surface area contributed by atoms with Crippen LogP contribution in [0.5, 0.6) is 0 Å². The van der Waals surface area contributed by atoms with Gasteiger partial charge in [-0.25, -0.2) is 4.79 Å². The largest absolute Gasteiger partial charge is 0.463 e. The molecule has 31 heavy (non-hydrogen) atoms. The lowest BCUT2D eigenvalue weighted by atomic mass is 9.72. The molecule has 2 aromatic carbocycles. The lowest BCUT2D eigenvalue weighted by molar-refractivity contribution is -0.138. The molecule has 0 aromatic heterocycles. The van der Waals surface area contributed by atoms with Gasteiger partial charge in [-0.05, 0) is 61.6 Å². The monoisotopic (exact) mass is 455 g/mol. The Morgan fingerprint density at radius 3 is 2.16 bits per heavy atom. The lowest BCUT2D eigenvalue weighted by Crippen LogP contribution is -2.36. The summed E-state index contributed by atoms with van der Waals surface area (Å²) in [5, 5.41) is 4.61. The number of ether oxygens (including phenoxy) is 1. The Hall–Kier alpha value is -2.56. The predicted molar refractivity (Wildman–Crippen MR) is 122 cm³/mol. The summed E-state index contributed by atoms with van der Waals surface area (Å²) in [6.07, 6.45) is 1.06. The number of esters is 1. The summed E-state index contributed by atoms with van der Waals surface area (Å²) in [4.78, 5) is 26.3. The molecule has 0 saturated carbocycles. The van der Waals surface area contributed by atoms with Crippen LogP contribution in [0.15, 0.2) is 71.1 Å². The second kappa shape index (κ2) is 8.89. The number of hydrogen-bond acceptors (Lipinski definition) is 4. The average Bonchev–Trinajstić information content (AvgIpc) is 2.74. The van der Waals surface area contributed by atoms with Crippen LogP contribution in [-0.4, -0.2) is 18.4 Å². The zero-order valence-corrected chi connectivity index (χ0v) is 18.9. The van der Waals surface area contributed by atoms with Crippen LogP contribution in [0.4, 0.5) is 0 Å². The maximum absolute atomic E-state index is 13.4. The van der Waals surface area contributed by atoms with Crippen LogP contribution in [0.3, 0.4) is 0 Å². The minimum Gasteiger partial charge on any atom is -0.463 e. The first-order valence-electron chi connectivity index (χ1n) is 10.3. The molecule has 2 atom stereocenters. The van der Waals surface area contributed by atoms with E-state index in [0.29, 0.717) is 39.7 Å². The van der Waals surface area contributed by atoms with Crippen LogP contribution < -0.4 is 5.32 Å². The number of hydrogen-bond donors (Lipinski definition) is 1. The van der Waals surface area contributed by atoms with Gasteiger partial charge in [-0.1, -0.05) is 47.5 Å². The van der Waals surface area contributed by atoms with Gasteiger partial charge >= 0.3 is 5.97 Å². The standard InChI is InChI=1S/C25H23Cl2NO3/c1-3-31-25(30)22-14(2)28-20-12-17(15-4-8-18(26)9-5-15)13-21(29)24(20)23(22)16-6-10-19(27)11-7-16/h4-11,17,23,28H,3,12-13H2,1-2H3. The number of Topliss-reactive ketones (excluding diaryl/α,β-unsaturated/α-hetero) is 1. The first-order valence-corrected chi connectivity index (χ1v) is 11.1. The van der Waals surface area contributed by atoms with Crippen LogP contribution >= 0.6 is 23.2 Å². The SMILES string of the molecule is CCOC(=O)C1=C(C)NC2=C(C(=O)CC(c3ccc(Cl)cc3)C2)C1c1ccc(Cl)cc1. The Kier molecular flexibility index (Phi) is 6.22. The number of nitrogens with one attached hydrogen (secondary N) is 1. The van der Waals surface area contributed by atoms with Gasteiger partial charge < -0.3 is 10.1 Å². The highest BCUT2D eigenvalue weighted by molar-refractivity contribution is 6.30. The van der Waals surface area contributed by atoms with E-state index in [2.05, 4.69) is 5.32 Å². The van der Waals surface area contributed by atoms with E-state index >= 15 is 0 Å². The number of carbonyl (C=O) groups is 2. The summed E-state index contributed by atoms with van der Waals surface area (Å²) in [6, 6.07) is 14.9. The lowest BCUT2D eigenvalue weighted by Gasteiger charge is -2.36. The van der Waals surface area contributed by atoms with Gasteiger partial charge in [-0.15, -0.1) is 0 Å². The minimum atomic E-state index is -0.480. The fraction of sp³-hybridized carbons (Fsp3) is 0.280. The molecule has 1 heterocycles. The van der Waals surface area contributed by atoms with Crippen LogP contribution in [-0.2, 0) is 14.3 Å². The molecule has 0 amide bonds. The Labute approximate surface area is 191 Å². The maximum Gasteiger partial charge on any atom is 0.336 e. The quantitative estimate of drug-likeness (QED) is 0.581. The van der Waals surface area contributed by atoms with E-state index in [1.807, 2.05) is 43.3 Å². The van der Waals surface area contributed by atoms with Crippen LogP contribution in [0.2, 0.25) is 10.0 Å². The van der Waals surface area contributed by atoms with Gasteiger partial charge in [-0.2, -0.15) is 0 Å². The van der Waals surface area contributed by atoms with E-state index in [0.717, 1.165) is 16.8 Å². The summed E-state index contributed by atoms with van der Waals surface area (Å²) >= 11 is 12.1. The molecule has 0 saturated heterocycles. The van der Waals surface area contributed by atoms with E-state index in [1.165, 1.54) is 0 Å². The highest BCUT2D eigenvalue weighted by Crippen LogP contribution is 2.45. The molecule has 0 spiro atoms. The Morgan fingerprint density at radius 2 is 1.58 bits per heavy atom. The van der Waals surface area contributed by atoms with Gasteiger partial charge in [0.2, 0.25) is 0 Å². The Balaban J connectivity index is 1.78. The van der Waals surface area contributed by atoms with E-state index in [4.69, 9.17) is 27.9 Å². The summed E-state index contributed by atoms with van der Waals surface area (Å²) in [6.45, 7) is 3.89. The first kappa shape index (κ1) is 21.7. The van der Waals surface area contributed by atoms with Gasteiger partial charge in [0, 0.05) is 39.4 Å². The maximum atomic E-state index is 13.4. The molecule has 0 bridgehead atoms. The fourth-order valence-corrected chi connectivity index (χ4v) is 4.73. The molecule has 160 valence electrons. The average molecular weight is 456 g/mol. The van der Waals surface area contributed by atoms with Crippen molar-refractivity contribution in [3.05, 3.63) is 92.2 Å². The van der Waals surface area contributed by atoms with Crippen molar-refractivity contribution in [2.75, 3.05) is 6.61 Å². The van der Waals surface area contributed by atoms with E-state index in [1.54, 1.807) is 19.1 Å². The number of rotatable bonds is 4. The molecule has 0 fully saturated rings.